The normalized spacial score (nSPS) is 17.6. The van der Waals surface area contributed by atoms with Crippen LogP contribution in [0.1, 0.15) is 48.0 Å². The number of nitrogens with one attached hydrogen (secondary N) is 1. The highest BCUT2D eigenvalue weighted by atomic mass is 32.2. The second-order valence-corrected chi connectivity index (χ2v) is 7.82. The van der Waals surface area contributed by atoms with Gasteiger partial charge in [0.2, 0.25) is 5.91 Å². The number of benzene rings is 1. The fraction of sp³-hybridized carbons (Fsp3) is 0.579. The van der Waals surface area contributed by atoms with Gasteiger partial charge in [-0.25, -0.2) is 0 Å². The van der Waals surface area contributed by atoms with Gasteiger partial charge in [0.1, 0.15) is 0 Å². The van der Waals surface area contributed by atoms with Crippen LogP contribution < -0.4 is 5.32 Å². The molecule has 1 saturated heterocycles. The molecule has 2 amide bonds. The Balaban J connectivity index is 1.41. The summed E-state index contributed by atoms with van der Waals surface area (Å²) in [4.78, 5) is 26.2. The third-order valence-corrected chi connectivity index (χ3v) is 5.79. The van der Waals surface area contributed by atoms with Crippen molar-refractivity contribution in [1.29, 1.82) is 0 Å². The number of piperidine rings is 1. The van der Waals surface area contributed by atoms with E-state index in [2.05, 4.69) is 5.32 Å². The highest BCUT2D eigenvalue weighted by Crippen LogP contribution is 2.32. The minimum Gasteiger partial charge on any atom is -0.351 e. The first-order chi connectivity index (χ1) is 11.7. The highest BCUT2D eigenvalue weighted by Gasteiger charge is 2.21. The second kappa shape index (κ2) is 8.56. The van der Waals surface area contributed by atoms with Crippen molar-refractivity contribution < 1.29 is 9.59 Å². The minimum absolute atomic E-state index is 0.0918. The summed E-state index contributed by atoms with van der Waals surface area (Å²) in [5.41, 5.74) is 1.78. The van der Waals surface area contributed by atoms with Gasteiger partial charge >= 0.3 is 0 Å². The van der Waals surface area contributed by atoms with Gasteiger partial charge in [-0.15, -0.1) is 0 Å². The lowest BCUT2D eigenvalue weighted by molar-refractivity contribution is -0.118. The van der Waals surface area contributed by atoms with Crippen molar-refractivity contribution in [3.8, 4) is 0 Å². The van der Waals surface area contributed by atoms with Gasteiger partial charge in [0.05, 0.1) is 5.75 Å². The van der Waals surface area contributed by atoms with Crippen LogP contribution in [0.4, 0.5) is 0 Å². The Labute approximate surface area is 148 Å². The van der Waals surface area contributed by atoms with Crippen LogP contribution in [0.25, 0.3) is 0 Å². The van der Waals surface area contributed by atoms with E-state index in [1.54, 1.807) is 11.8 Å². The average Bonchev–Trinajstić information content (AvgIpc) is 3.45. The summed E-state index contributed by atoms with van der Waals surface area (Å²) in [7, 11) is 0. The standard InChI is InChI=1S/C19H26N2O2S/c22-18(14-24-13-16-4-5-16)20-12-15-6-8-17(9-7-15)19(23)21-10-2-1-3-11-21/h6-9,16H,1-5,10-14H2,(H,20,22). The van der Waals surface area contributed by atoms with Crippen molar-refractivity contribution in [3.63, 3.8) is 0 Å². The van der Waals surface area contributed by atoms with E-state index in [4.69, 9.17) is 0 Å². The molecule has 0 unspecified atom stereocenters. The Morgan fingerprint density at radius 1 is 1.08 bits per heavy atom. The molecule has 3 rings (SSSR count). The first kappa shape index (κ1) is 17.3. The third-order valence-electron chi connectivity index (χ3n) is 4.62. The lowest BCUT2D eigenvalue weighted by Crippen LogP contribution is -2.35. The van der Waals surface area contributed by atoms with Crippen LogP contribution in [-0.2, 0) is 11.3 Å². The molecule has 1 N–H and O–H groups in total. The number of hydrogen-bond acceptors (Lipinski definition) is 3. The molecule has 1 saturated carbocycles. The number of nitrogens with zero attached hydrogens (tertiary/aromatic N) is 1. The summed E-state index contributed by atoms with van der Waals surface area (Å²) in [6, 6.07) is 7.63. The van der Waals surface area contributed by atoms with Crippen molar-refractivity contribution in [2.24, 2.45) is 5.92 Å². The van der Waals surface area contributed by atoms with Gasteiger partial charge in [-0.3, -0.25) is 9.59 Å². The fourth-order valence-corrected chi connectivity index (χ4v) is 3.97. The molecule has 4 nitrogen and oxygen atoms in total. The first-order valence-electron chi connectivity index (χ1n) is 8.95. The first-order valence-corrected chi connectivity index (χ1v) is 10.1. The number of carbonyl (C=O) groups is 2. The molecule has 130 valence electrons. The Bertz CT molecular complexity index is 563. The Kier molecular flexibility index (Phi) is 6.18. The second-order valence-electron chi connectivity index (χ2n) is 6.79. The zero-order chi connectivity index (χ0) is 16.8. The lowest BCUT2D eigenvalue weighted by Gasteiger charge is -2.26. The van der Waals surface area contributed by atoms with Gasteiger partial charge in [0, 0.05) is 25.2 Å². The molecule has 2 aliphatic rings. The van der Waals surface area contributed by atoms with Crippen LogP contribution in [0.3, 0.4) is 0 Å². The molecule has 24 heavy (non-hydrogen) atoms. The van der Waals surface area contributed by atoms with Crippen LogP contribution in [0, 0.1) is 5.92 Å². The van der Waals surface area contributed by atoms with E-state index in [0.29, 0.717) is 12.3 Å². The van der Waals surface area contributed by atoms with Crippen molar-refractivity contribution in [2.45, 2.75) is 38.6 Å². The maximum Gasteiger partial charge on any atom is 0.253 e. The predicted octanol–water partition coefficient (Wildman–Crippen LogP) is 3.07. The molecular weight excluding hydrogens is 320 g/mol. The monoisotopic (exact) mass is 346 g/mol. The smallest absolute Gasteiger partial charge is 0.253 e. The highest BCUT2D eigenvalue weighted by molar-refractivity contribution is 7.99. The van der Waals surface area contributed by atoms with E-state index < -0.39 is 0 Å². The topological polar surface area (TPSA) is 49.4 Å². The fourth-order valence-electron chi connectivity index (χ4n) is 2.90. The summed E-state index contributed by atoms with van der Waals surface area (Å²) >= 11 is 1.73. The van der Waals surface area contributed by atoms with Crippen LogP contribution in [0.5, 0.6) is 0 Å². The molecule has 0 bridgehead atoms. The molecule has 0 spiro atoms. The molecule has 1 aromatic rings. The van der Waals surface area contributed by atoms with Crippen LogP contribution in [0.15, 0.2) is 24.3 Å². The molecule has 1 aromatic carbocycles. The van der Waals surface area contributed by atoms with Crippen molar-refractivity contribution in [1.82, 2.24) is 10.2 Å². The quantitative estimate of drug-likeness (QED) is 0.825. The van der Waals surface area contributed by atoms with Gasteiger partial charge in [0.15, 0.2) is 0 Å². The SMILES string of the molecule is O=C(CSCC1CC1)NCc1ccc(C(=O)N2CCCCC2)cc1. The number of carbonyl (C=O) groups excluding carboxylic acids is 2. The molecule has 1 aliphatic heterocycles. The van der Waals surface area contributed by atoms with Gasteiger partial charge in [-0.2, -0.15) is 11.8 Å². The summed E-state index contributed by atoms with van der Waals surface area (Å²) in [6.07, 6.45) is 6.10. The number of hydrogen-bond donors (Lipinski definition) is 1. The van der Waals surface area contributed by atoms with Gasteiger partial charge < -0.3 is 10.2 Å². The van der Waals surface area contributed by atoms with Crippen LogP contribution in [0.2, 0.25) is 0 Å². The summed E-state index contributed by atoms with van der Waals surface area (Å²) in [5.74, 6) is 2.73. The van der Waals surface area contributed by atoms with E-state index in [-0.39, 0.29) is 11.8 Å². The minimum atomic E-state index is 0.0918. The Morgan fingerprint density at radius 3 is 2.46 bits per heavy atom. The van der Waals surface area contributed by atoms with Crippen molar-refractivity contribution in [3.05, 3.63) is 35.4 Å². The molecule has 0 atom stereocenters. The van der Waals surface area contributed by atoms with E-state index in [9.17, 15) is 9.59 Å². The van der Waals surface area contributed by atoms with Crippen molar-refractivity contribution in [2.75, 3.05) is 24.6 Å². The van der Waals surface area contributed by atoms with Gasteiger partial charge in [0.25, 0.3) is 5.91 Å². The molecule has 1 aliphatic carbocycles. The molecule has 2 fully saturated rings. The van der Waals surface area contributed by atoms with Gasteiger partial charge in [-0.1, -0.05) is 12.1 Å². The summed E-state index contributed by atoms with van der Waals surface area (Å²) in [5, 5.41) is 2.95. The Hall–Kier alpha value is -1.49. The molecule has 0 aromatic heterocycles. The van der Waals surface area contributed by atoms with E-state index >= 15 is 0 Å². The van der Waals surface area contributed by atoms with E-state index in [1.165, 1.54) is 19.3 Å². The largest absolute Gasteiger partial charge is 0.351 e. The molecule has 1 heterocycles. The van der Waals surface area contributed by atoms with Gasteiger partial charge in [-0.05, 0) is 61.5 Å². The average molecular weight is 346 g/mol. The maximum atomic E-state index is 12.4. The van der Waals surface area contributed by atoms with E-state index in [0.717, 1.165) is 48.7 Å². The molecule has 0 radical (unpaired) electrons. The van der Waals surface area contributed by atoms with Crippen LogP contribution in [-0.4, -0.2) is 41.3 Å². The van der Waals surface area contributed by atoms with Crippen molar-refractivity contribution >= 4 is 23.6 Å². The van der Waals surface area contributed by atoms with Crippen LogP contribution >= 0.6 is 11.8 Å². The zero-order valence-electron chi connectivity index (χ0n) is 14.1. The summed E-state index contributed by atoms with van der Waals surface area (Å²) < 4.78 is 0. The number of likely N-dealkylation sites (tertiary alicyclic amines) is 1. The Morgan fingerprint density at radius 2 is 1.79 bits per heavy atom. The number of amides is 2. The number of rotatable bonds is 7. The molecular formula is C19H26N2O2S. The predicted molar refractivity (Wildman–Crippen MR) is 98.1 cm³/mol. The summed E-state index contributed by atoms with van der Waals surface area (Å²) in [6.45, 7) is 2.27. The number of thioether (sulfide) groups is 1. The maximum absolute atomic E-state index is 12.4. The van der Waals surface area contributed by atoms with E-state index in [1.807, 2.05) is 29.2 Å². The molecule has 5 heteroatoms. The zero-order valence-corrected chi connectivity index (χ0v) is 14.9. The lowest BCUT2D eigenvalue weighted by atomic mass is 10.1. The third kappa shape index (κ3) is 5.26.